The van der Waals surface area contributed by atoms with E-state index in [1.165, 1.54) is 0 Å². The highest BCUT2D eigenvalue weighted by Gasteiger charge is 2.48. The summed E-state index contributed by atoms with van der Waals surface area (Å²) in [6.07, 6.45) is 0. The Balaban J connectivity index is 2.07. The second-order valence-electron chi connectivity index (χ2n) is 10.1. The van der Waals surface area contributed by atoms with Crippen molar-refractivity contribution in [2.45, 2.75) is 51.9 Å². The molecular formula is C26H37NO6Si. The first-order valence-electron chi connectivity index (χ1n) is 11.4. The molecule has 2 unspecified atom stereocenters. The van der Waals surface area contributed by atoms with E-state index in [9.17, 15) is 4.79 Å². The van der Waals surface area contributed by atoms with E-state index in [2.05, 4.69) is 33.9 Å². The van der Waals surface area contributed by atoms with Crippen LogP contribution in [0.2, 0.25) is 18.1 Å². The van der Waals surface area contributed by atoms with E-state index in [1.54, 1.807) is 33.3 Å². The van der Waals surface area contributed by atoms with Crippen LogP contribution >= 0.6 is 0 Å². The highest BCUT2D eigenvalue weighted by atomic mass is 28.4. The lowest BCUT2D eigenvalue weighted by atomic mass is 9.82. The maximum Gasteiger partial charge on any atom is 0.250 e. The summed E-state index contributed by atoms with van der Waals surface area (Å²) in [5.74, 6) is 2.74. The predicted molar refractivity (Wildman–Crippen MR) is 136 cm³/mol. The Bertz CT molecular complexity index is 1060. The number of hydrogen-bond donors (Lipinski definition) is 0. The Labute approximate surface area is 204 Å². The summed E-state index contributed by atoms with van der Waals surface area (Å²) in [6, 6.07) is 9.19. The van der Waals surface area contributed by atoms with Crippen molar-refractivity contribution in [3.63, 3.8) is 0 Å². The summed E-state index contributed by atoms with van der Waals surface area (Å²) in [5, 5.41) is 0.0185. The first kappa shape index (κ1) is 25.7. The van der Waals surface area contributed by atoms with Gasteiger partial charge < -0.3 is 28.3 Å². The zero-order valence-electron chi connectivity index (χ0n) is 21.9. The molecule has 2 atom stereocenters. The summed E-state index contributed by atoms with van der Waals surface area (Å²) < 4.78 is 28.9. The summed E-state index contributed by atoms with van der Waals surface area (Å²) >= 11 is 0. The number of benzene rings is 2. The van der Waals surface area contributed by atoms with Crippen molar-refractivity contribution in [3.8, 4) is 28.7 Å². The zero-order valence-corrected chi connectivity index (χ0v) is 22.9. The first-order chi connectivity index (χ1) is 15.9. The molecule has 2 aromatic carbocycles. The largest absolute Gasteiger partial charge is 0.541 e. The molecule has 1 amide bonds. The normalized spacial score (nSPS) is 18.3. The highest BCUT2D eigenvalue weighted by Crippen LogP contribution is 2.51. The number of β-lactam (4-membered cyclic amide) rings is 1. The van der Waals surface area contributed by atoms with Gasteiger partial charge in [0.05, 0.1) is 40.4 Å². The molecule has 1 aliphatic rings. The quantitative estimate of drug-likeness (QED) is 0.345. The van der Waals surface area contributed by atoms with Gasteiger partial charge in [-0.3, -0.25) is 4.79 Å². The molecule has 1 aliphatic heterocycles. The molecule has 1 heterocycles. The average molecular weight is 488 g/mol. The van der Waals surface area contributed by atoms with Crippen molar-refractivity contribution in [2.24, 2.45) is 5.92 Å². The van der Waals surface area contributed by atoms with Crippen LogP contribution in [0.3, 0.4) is 0 Å². The van der Waals surface area contributed by atoms with Crippen molar-refractivity contribution in [3.05, 3.63) is 35.9 Å². The van der Waals surface area contributed by atoms with Crippen LogP contribution < -0.4 is 28.3 Å². The average Bonchev–Trinajstić information content (AvgIpc) is 2.79. The molecule has 3 rings (SSSR count). The molecule has 8 heteroatoms. The SMILES string of the molecule is COc1ccc(N2C(=O)C(C)C2c2ccc(OC)c(OC)c2OC)cc1O[Si](C)(C)C(C)(C)C. The number of amides is 1. The molecule has 0 aliphatic carbocycles. The van der Waals surface area contributed by atoms with Crippen molar-refractivity contribution < 1.29 is 28.2 Å². The summed E-state index contributed by atoms with van der Waals surface area (Å²) in [7, 11) is 4.25. The summed E-state index contributed by atoms with van der Waals surface area (Å²) in [4.78, 5) is 14.9. The molecule has 0 bridgehead atoms. The van der Waals surface area contributed by atoms with Gasteiger partial charge in [-0.25, -0.2) is 0 Å². The predicted octanol–water partition coefficient (Wildman–Crippen LogP) is 5.83. The van der Waals surface area contributed by atoms with Crippen LogP contribution in [0.1, 0.15) is 39.3 Å². The molecule has 0 radical (unpaired) electrons. The second-order valence-corrected chi connectivity index (χ2v) is 14.8. The standard InChI is InChI=1S/C26H37NO6Si/c1-16-22(18-12-14-20(30-6)24(32-8)23(18)31-7)27(25(16)28)17-11-13-19(29-5)21(15-17)33-34(9,10)26(2,3)4/h11-16,22H,1-10H3. The van der Waals surface area contributed by atoms with Crippen molar-refractivity contribution in [1.29, 1.82) is 0 Å². The van der Waals surface area contributed by atoms with Gasteiger partial charge in [0.2, 0.25) is 11.7 Å². The fourth-order valence-electron chi connectivity index (χ4n) is 4.01. The molecular weight excluding hydrogens is 450 g/mol. The third-order valence-corrected chi connectivity index (χ3v) is 11.4. The molecule has 1 fully saturated rings. The van der Waals surface area contributed by atoms with E-state index >= 15 is 0 Å². The number of rotatable bonds is 8. The van der Waals surface area contributed by atoms with E-state index in [4.69, 9.17) is 23.4 Å². The zero-order chi connectivity index (χ0) is 25.4. The first-order valence-corrected chi connectivity index (χ1v) is 14.3. The van der Waals surface area contributed by atoms with Gasteiger partial charge in [-0.2, -0.15) is 0 Å². The molecule has 0 saturated carbocycles. The van der Waals surface area contributed by atoms with Crippen LogP contribution in [0.4, 0.5) is 5.69 Å². The fraction of sp³-hybridized carbons (Fsp3) is 0.500. The third-order valence-electron chi connectivity index (χ3n) is 7.03. The van der Waals surface area contributed by atoms with E-state index < -0.39 is 8.32 Å². The Morgan fingerprint density at radius 3 is 1.94 bits per heavy atom. The maximum absolute atomic E-state index is 13.1. The van der Waals surface area contributed by atoms with Crippen LogP contribution in [-0.4, -0.2) is 42.7 Å². The number of carbonyl (C=O) groups excluding carboxylic acids is 1. The molecule has 7 nitrogen and oxygen atoms in total. The smallest absolute Gasteiger partial charge is 0.250 e. The van der Waals surface area contributed by atoms with E-state index in [1.807, 2.05) is 37.3 Å². The lowest BCUT2D eigenvalue weighted by Crippen LogP contribution is -2.54. The fourth-order valence-corrected chi connectivity index (χ4v) is 5.03. The Morgan fingerprint density at radius 1 is 0.824 bits per heavy atom. The van der Waals surface area contributed by atoms with Crippen molar-refractivity contribution in [2.75, 3.05) is 33.3 Å². The van der Waals surface area contributed by atoms with Crippen LogP contribution in [-0.2, 0) is 4.79 Å². The number of ether oxygens (including phenoxy) is 4. The number of carbonyl (C=O) groups is 1. The van der Waals surface area contributed by atoms with Crippen LogP contribution in [0.25, 0.3) is 0 Å². The molecule has 186 valence electrons. The summed E-state index contributed by atoms with van der Waals surface area (Å²) in [6.45, 7) is 12.9. The van der Waals surface area contributed by atoms with Gasteiger partial charge in [0, 0.05) is 17.3 Å². The third kappa shape index (κ3) is 4.31. The molecule has 2 aromatic rings. The van der Waals surface area contributed by atoms with Gasteiger partial charge in [0.25, 0.3) is 8.32 Å². The van der Waals surface area contributed by atoms with E-state index in [0.717, 1.165) is 11.3 Å². The topological polar surface area (TPSA) is 66.5 Å². The number of nitrogens with zero attached hydrogens (tertiary/aromatic N) is 1. The van der Waals surface area contributed by atoms with Crippen LogP contribution in [0, 0.1) is 5.92 Å². The maximum atomic E-state index is 13.1. The van der Waals surface area contributed by atoms with Crippen LogP contribution in [0.5, 0.6) is 28.7 Å². The minimum atomic E-state index is -2.13. The van der Waals surface area contributed by atoms with Gasteiger partial charge in [0.1, 0.15) is 5.75 Å². The lowest BCUT2D eigenvalue weighted by Gasteiger charge is -2.46. The molecule has 0 spiro atoms. The monoisotopic (exact) mass is 487 g/mol. The Kier molecular flexibility index (Phi) is 7.12. The lowest BCUT2D eigenvalue weighted by molar-refractivity contribution is -0.129. The minimum absolute atomic E-state index is 0.0185. The van der Waals surface area contributed by atoms with E-state index in [0.29, 0.717) is 28.7 Å². The van der Waals surface area contributed by atoms with Crippen molar-refractivity contribution in [1.82, 2.24) is 0 Å². The van der Waals surface area contributed by atoms with E-state index in [-0.39, 0.29) is 22.9 Å². The number of methoxy groups -OCH3 is 4. The molecule has 1 saturated heterocycles. The number of anilines is 1. The van der Waals surface area contributed by atoms with Gasteiger partial charge in [0.15, 0.2) is 17.2 Å². The van der Waals surface area contributed by atoms with Crippen molar-refractivity contribution >= 4 is 19.9 Å². The number of hydrogen-bond acceptors (Lipinski definition) is 6. The van der Waals surface area contributed by atoms with Crippen LogP contribution in [0.15, 0.2) is 30.3 Å². The highest BCUT2D eigenvalue weighted by molar-refractivity contribution is 6.74. The van der Waals surface area contributed by atoms with Gasteiger partial charge >= 0.3 is 0 Å². The molecule has 34 heavy (non-hydrogen) atoms. The Hall–Kier alpha value is -2.87. The summed E-state index contributed by atoms with van der Waals surface area (Å²) in [5.41, 5.74) is 1.61. The molecule has 0 N–H and O–H groups in total. The van der Waals surface area contributed by atoms with Gasteiger partial charge in [-0.05, 0) is 42.4 Å². The second kappa shape index (κ2) is 9.41. The molecule has 0 aromatic heterocycles. The van der Waals surface area contributed by atoms with Gasteiger partial charge in [-0.1, -0.05) is 27.7 Å². The minimum Gasteiger partial charge on any atom is -0.541 e. The Morgan fingerprint density at radius 2 is 1.41 bits per heavy atom. The van der Waals surface area contributed by atoms with Gasteiger partial charge in [-0.15, -0.1) is 0 Å².